The molecule has 2 aromatic rings. The van der Waals surface area contributed by atoms with Crippen LogP contribution in [0.25, 0.3) is 0 Å². The van der Waals surface area contributed by atoms with Gasteiger partial charge in [-0.3, -0.25) is 20.9 Å². The van der Waals surface area contributed by atoms with Crippen molar-refractivity contribution in [2.24, 2.45) is 12.9 Å². The van der Waals surface area contributed by atoms with Crippen molar-refractivity contribution in [3.63, 3.8) is 0 Å². The summed E-state index contributed by atoms with van der Waals surface area (Å²) in [4.78, 5) is 4.02. The zero-order chi connectivity index (χ0) is 14.0. The molecule has 0 saturated carbocycles. The minimum Gasteiger partial charge on any atom is -0.271 e. The quantitative estimate of drug-likeness (QED) is 0.661. The van der Waals surface area contributed by atoms with E-state index in [4.69, 9.17) is 17.4 Å². The standard InChI is InChI=1S/C12H15ClFN5/c1-7-9(12(13)19(2)18-7)5-11(17-15)10-4-3-8(14)6-16-10/h3-4,6,11,17H,5,15H2,1-2H3. The second-order valence-corrected chi connectivity index (χ2v) is 4.66. The molecule has 0 aliphatic carbocycles. The van der Waals surface area contributed by atoms with Crippen molar-refractivity contribution in [1.29, 1.82) is 0 Å². The number of hydrazine groups is 1. The summed E-state index contributed by atoms with van der Waals surface area (Å²) in [7, 11) is 1.78. The zero-order valence-corrected chi connectivity index (χ0v) is 11.4. The fraction of sp³-hybridized carbons (Fsp3) is 0.333. The van der Waals surface area contributed by atoms with Crippen LogP contribution in [0.1, 0.15) is 23.0 Å². The second kappa shape index (κ2) is 5.64. The Morgan fingerprint density at radius 2 is 2.26 bits per heavy atom. The van der Waals surface area contributed by atoms with E-state index in [0.29, 0.717) is 17.3 Å². The number of hydrogen-bond donors (Lipinski definition) is 2. The van der Waals surface area contributed by atoms with Crippen molar-refractivity contribution in [2.45, 2.75) is 19.4 Å². The summed E-state index contributed by atoms with van der Waals surface area (Å²) in [5, 5.41) is 4.81. The lowest BCUT2D eigenvalue weighted by atomic mass is 10.0. The van der Waals surface area contributed by atoms with E-state index >= 15 is 0 Å². The third kappa shape index (κ3) is 2.91. The van der Waals surface area contributed by atoms with Crippen molar-refractivity contribution in [3.8, 4) is 0 Å². The van der Waals surface area contributed by atoms with E-state index in [1.807, 2.05) is 6.92 Å². The molecule has 0 saturated heterocycles. The van der Waals surface area contributed by atoms with Gasteiger partial charge in [0.1, 0.15) is 11.0 Å². The first kappa shape index (κ1) is 13.9. The van der Waals surface area contributed by atoms with Crippen molar-refractivity contribution < 1.29 is 4.39 Å². The van der Waals surface area contributed by atoms with Gasteiger partial charge in [0.2, 0.25) is 0 Å². The normalized spacial score (nSPS) is 12.7. The topological polar surface area (TPSA) is 68.8 Å². The van der Waals surface area contributed by atoms with Gasteiger partial charge in [-0.15, -0.1) is 0 Å². The molecule has 0 spiro atoms. The predicted molar refractivity (Wildman–Crippen MR) is 70.9 cm³/mol. The van der Waals surface area contributed by atoms with Gasteiger partial charge in [0.05, 0.1) is 23.6 Å². The summed E-state index contributed by atoms with van der Waals surface area (Å²) in [6.45, 7) is 1.88. The van der Waals surface area contributed by atoms with Gasteiger partial charge < -0.3 is 0 Å². The van der Waals surface area contributed by atoms with Gasteiger partial charge in [0, 0.05) is 12.6 Å². The molecule has 2 heterocycles. The number of hydrogen-bond acceptors (Lipinski definition) is 4. The number of nitrogens with one attached hydrogen (secondary N) is 1. The van der Waals surface area contributed by atoms with Crippen LogP contribution >= 0.6 is 11.6 Å². The van der Waals surface area contributed by atoms with E-state index in [9.17, 15) is 4.39 Å². The van der Waals surface area contributed by atoms with E-state index in [2.05, 4.69) is 15.5 Å². The maximum absolute atomic E-state index is 12.9. The molecule has 5 nitrogen and oxygen atoms in total. The molecule has 3 N–H and O–H groups in total. The molecule has 102 valence electrons. The molecule has 2 aromatic heterocycles. The smallest absolute Gasteiger partial charge is 0.141 e. The van der Waals surface area contributed by atoms with Crippen LogP contribution in [0.5, 0.6) is 0 Å². The number of halogens is 2. The fourth-order valence-electron chi connectivity index (χ4n) is 1.95. The van der Waals surface area contributed by atoms with Gasteiger partial charge in [0.25, 0.3) is 0 Å². The molecule has 7 heteroatoms. The monoisotopic (exact) mass is 283 g/mol. The van der Waals surface area contributed by atoms with Crippen LogP contribution in [0.15, 0.2) is 18.3 Å². The minimum absolute atomic E-state index is 0.249. The van der Waals surface area contributed by atoms with Crippen LogP contribution in [0.3, 0.4) is 0 Å². The van der Waals surface area contributed by atoms with Crippen molar-refractivity contribution in [3.05, 3.63) is 46.3 Å². The van der Waals surface area contributed by atoms with Crippen LogP contribution in [-0.2, 0) is 13.5 Å². The van der Waals surface area contributed by atoms with Gasteiger partial charge in [-0.1, -0.05) is 11.6 Å². The Balaban J connectivity index is 2.26. The van der Waals surface area contributed by atoms with Crippen LogP contribution in [0.2, 0.25) is 5.15 Å². The van der Waals surface area contributed by atoms with Gasteiger partial charge in [-0.05, 0) is 25.5 Å². The number of nitrogens with two attached hydrogens (primary N) is 1. The van der Waals surface area contributed by atoms with Crippen molar-refractivity contribution in [1.82, 2.24) is 20.2 Å². The highest BCUT2D eigenvalue weighted by molar-refractivity contribution is 6.30. The second-order valence-electron chi connectivity index (χ2n) is 4.30. The molecule has 0 aromatic carbocycles. The summed E-state index contributed by atoms with van der Waals surface area (Å²) in [5.41, 5.74) is 5.07. The van der Waals surface area contributed by atoms with Gasteiger partial charge in [-0.2, -0.15) is 5.10 Å². The molecule has 0 aliphatic heterocycles. The van der Waals surface area contributed by atoms with Gasteiger partial charge in [-0.25, -0.2) is 4.39 Å². The third-order valence-corrected chi connectivity index (χ3v) is 3.46. The Labute approximate surface area is 115 Å². The molecule has 1 unspecified atom stereocenters. The van der Waals surface area contributed by atoms with E-state index < -0.39 is 0 Å². The average Bonchev–Trinajstić information content (AvgIpc) is 2.63. The Bertz CT molecular complexity index is 566. The lowest BCUT2D eigenvalue weighted by Gasteiger charge is -2.15. The number of aromatic nitrogens is 3. The van der Waals surface area contributed by atoms with Crippen molar-refractivity contribution >= 4 is 11.6 Å². The highest BCUT2D eigenvalue weighted by Gasteiger charge is 2.18. The first-order chi connectivity index (χ1) is 9.02. The number of aryl methyl sites for hydroxylation is 2. The SMILES string of the molecule is Cc1nn(C)c(Cl)c1CC(NN)c1ccc(F)cn1. The van der Waals surface area contributed by atoms with E-state index in [-0.39, 0.29) is 11.9 Å². The van der Waals surface area contributed by atoms with Crippen LogP contribution in [-0.4, -0.2) is 14.8 Å². The van der Waals surface area contributed by atoms with E-state index in [1.165, 1.54) is 6.07 Å². The largest absolute Gasteiger partial charge is 0.271 e. The predicted octanol–water partition coefficient (Wildman–Crippen LogP) is 1.66. The maximum Gasteiger partial charge on any atom is 0.141 e. The average molecular weight is 284 g/mol. The van der Waals surface area contributed by atoms with Crippen LogP contribution in [0, 0.1) is 12.7 Å². The van der Waals surface area contributed by atoms with Crippen LogP contribution < -0.4 is 11.3 Å². The molecule has 2 rings (SSSR count). The summed E-state index contributed by atoms with van der Waals surface area (Å²) in [6.07, 6.45) is 1.70. The lowest BCUT2D eigenvalue weighted by Crippen LogP contribution is -2.30. The molecule has 19 heavy (non-hydrogen) atoms. The summed E-state index contributed by atoms with van der Waals surface area (Å²) < 4.78 is 14.5. The molecule has 0 radical (unpaired) electrons. The molecule has 0 amide bonds. The Morgan fingerprint density at radius 3 is 2.74 bits per heavy atom. The summed E-state index contributed by atoms with van der Waals surface area (Å²) >= 11 is 6.18. The third-order valence-electron chi connectivity index (χ3n) is 2.99. The summed E-state index contributed by atoms with van der Waals surface area (Å²) in [5.74, 6) is 5.16. The first-order valence-corrected chi connectivity index (χ1v) is 6.16. The number of pyridine rings is 1. The minimum atomic E-state index is -0.380. The molecule has 0 fully saturated rings. The van der Waals surface area contributed by atoms with Crippen molar-refractivity contribution in [2.75, 3.05) is 0 Å². The Kier molecular flexibility index (Phi) is 4.14. The van der Waals surface area contributed by atoms with Gasteiger partial charge >= 0.3 is 0 Å². The Morgan fingerprint density at radius 1 is 1.53 bits per heavy atom. The highest BCUT2D eigenvalue weighted by Crippen LogP contribution is 2.24. The number of nitrogens with zero attached hydrogens (tertiary/aromatic N) is 3. The zero-order valence-electron chi connectivity index (χ0n) is 10.7. The van der Waals surface area contributed by atoms with E-state index in [0.717, 1.165) is 17.5 Å². The van der Waals surface area contributed by atoms with Gasteiger partial charge in [0.15, 0.2) is 0 Å². The first-order valence-electron chi connectivity index (χ1n) is 5.78. The summed E-state index contributed by atoms with van der Waals surface area (Å²) in [6, 6.07) is 2.70. The molecule has 0 bridgehead atoms. The molecule has 1 atom stereocenters. The number of rotatable bonds is 4. The lowest BCUT2D eigenvalue weighted by molar-refractivity contribution is 0.532. The highest BCUT2D eigenvalue weighted by atomic mass is 35.5. The Hall–Kier alpha value is -1.50. The molecular weight excluding hydrogens is 269 g/mol. The van der Waals surface area contributed by atoms with E-state index in [1.54, 1.807) is 17.8 Å². The molecule has 0 aliphatic rings. The maximum atomic E-state index is 12.9. The van der Waals surface area contributed by atoms with Crippen LogP contribution in [0.4, 0.5) is 4.39 Å². The fourth-order valence-corrected chi connectivity index (χ4v) is 2.20. The molecular formula is C12H15ClFN5.